The molecule has 0 saturated heterocycles. The SMILES string of the molecule is Cc1c[nH]c(S(C)(=O)=O)c1[N+](=O)[O-]. The largest absolute Gasteiger partial charge is 0.346 e. The maximum atomic E-state index is 11.0. The molecule has 0 radical (unpaired) electrons. The van der Waals surface area contributed by atoms with Crippen molar-refractivity contribution in [2.24, 2.45) is 0 Å². The van der Waals surface area contributed by atoms with Gasteiger partial charge in [-0.2, -0.15) is 0 Å². The first-order valence-electron chi connectivity index (χ1n) is 3.36. The van der Waals surface area contributed by atoms with Gasteiger partial charge in [0.2, 0.25) is 5.03 Å². The zero-order chi connectivity index (χ0) is 10.2. The summed E-state index contributed by atoms with van der Waals surface area (Å²) in [6.07, 6.45) is 2.22. The zero-order valence-electron chi connectivity index (χ0n) is 7.07. The Morgan fingerprint density at radius 1 is 1.54 bits per heavy atom. The number of aryl methyl sites for hydroxylation is 1. The first-order chi connectivity index (χ1) is 5.84. The molecule has 0 aliphatic carbocycles. The number of sulfone groups is 1. The average molecular weight is 204 g/mol. The van der Waals surface area contributed by atoms with Crippen LogP contribution in [0, 0.1) is 17.0 Å². The average Bonchev–Trinajstić information content (AvgIpc) is 2.28. The minimum absolute atomic E-state index is 0.311. The molecule has 0 atom stereocenters. The molecule has 0 saturated carbocycles. The number of H-pyrrole nitrogens is 1. The number of nitrogens with zero attached hydrogens (tertiary/aromatic N) is 1. The Balaban J connectivity index is 3.49. The maximum absolute atomic E-state index is 11.0. The minimum atomic E-state index is -3.55. The van der Waals surface area contributed by atoms with E-state index in [9.17, 15) is 18.5 Å². The van der Waals surface area contributed by atoms with Crippen molar-refractivity contribution in [3.63, 3.8) is 0 Å². The van der Waals surface area contributed by atoms with Crippen LogP contribution in [0.15, 0.2) is 11.2 Å². The van der Waals surface area contributed by atoms with E-state index in [2.05, 4.69) is 4.98 Å². The Bertz CT molecular complexity index is 445. The second kappa shape index (κ2) is 2.84. The third-order valence-electron chi connectivity index (χ3n) is 1.56. The highest BCUT2D eigenvalue weighted by atomic mass is 32.2. The van der Waals surface area contributed by atoms with Crippen molar-refractivity contribution in [2.45, 2.75) is 11.9 Å². The molecule has 0 aliphatic rings. The van der Waals surface area contributed by atoms with Gasteiger partial charge in [-0.1, -0.05) is 0 Å². The van der Waals surface area contributed by atoms with Crippen molar-refractivity contribution < 1.29 is 13.3 Å². The molecule has 1 aromatic rings. The van der Waals surface area contributed by atoms with Crippen LogP contribution in [-0.2, 0) is 9.84 Å². The van der Waals surface area contributed by atoms with Gasteiger partial charge < -0.3 is 4.98 Å². The molecule has 0 aliphatic heterocycles. The van der Waals surface area contributed by atoms with E-state index in [0.717, 1.165) is 6.26 Å². The second-order valence-electron chi connectivity index (χ2n) is 2.68. The third kappa shape index (κ3) is 1.69. The molecular weight excluding hydrogens is 196 g/mol. The highest BCUT2D eigenvalue weighted by Gasteiger charge is 2.26. The third-order valence-corrected chi connectivity index (χ3v) is 2.61. The van der Waals surface area contributed by atoms with Crippen molar-refractivity contribution in [3.05, 3.63) is 21.9 Å². The quantitative estimate of drug-likeness (QED) is 0.564. The Morgan fingerprint density at radius 2 is 2.08 bits per heavy atom. The molecule has 0 fully saturated rings. The summed E-state index contributed by atoms with van der Waals surface area (Å²) in [5, 5.41) is 10.1. The van der Waals surface area contributed by atoms with E-state index in [-0.39, 0.29) is 10.7 Å². The summed E-state index contributed by atoms with van der Waals surface area (Å²) >= 11 is 0. The number of hydrogen-bond donors (Lipinski definition) is 1. The summed E-state index contributed by atoms with van der Waals surface area (Å²) < 4.78 is 22.1. The van der Waals surface area contributed by atoms with E-state index in [0.29, 0.717) is 5.56 Å². The number of aromatic nitrogens is 1. The summed E-state index contributed by atoms with van der Waals surface area (Å²) in [4.78, 5) is 12.1. The highest BCUT2D eigenvalue weighted by molar-refractivity contribution is 7.90. The molecule has 13 heavy (non-hydrogen) atoms. The van der Waals surface area contributed by atoms with E-state index in [1.807, 2.05) is 0 Å². The first kappa shape index (κ1) is 9.72. The monoisotopic (exact) mass is 204 g/mol. The normalized spacial score (nSPS) is 11.5. The van der Waals surface area contributed by atoms with Crippen LogP contribution in [0.5, 0.6) is 0 Å². The maximum Gasteiger partial charge on any atom is 0.308 e. The smallest absolute Gasteiger partial charge is 0.308 e. The van der Waals surface area contributed by atoms with Crippen LogP contribution in [0.3, 0.4) is 0 Å². The molecule has 0 amide bonds. The number of hydrogen-bond acceptors (Lipinski definition) is 4. The Hall–Kier alpha value is -1.37. The molecular formula is C6H8N2O4S. The molecule has 1 aromatic heterocycles. The van der Waals surface area contributed by atoms with Crippen LogP contribution in [-0.4, -0.2) is 24.6 Å². The lowest BCUT2D eigenvalue weighted by molar-refractivity contribution is -0.388. The summed E-state index contributed by atoms with van der Waals surface area (Å²) in [5.41, 5.74) is -0.0621. The number of nitro groups is 1. The molecule has 0 unspecified atom stereocenters. The van der Waals surface area contributed by atoms with Crippen LogP contribution in [0.1, 0.15) is 5.56 Å². The van der Waals surface area contributed by atoms with Crippen LogP contribution < -0.4 is 0 Å². The van der Waals surface area contributed by atoms with E-state index in [1.165, 1.54) is 13.1 Å². The molecule has 7 heteroatoms. The number of rotatable bonds is 2. The Kier molecular flexibility index (Phi) is 2.12. The lowest BCUT2D eigenvalue weighted by Crippen LogP contribution is -2.01. The Labute approximate surface area is 74.6 Å². The second-order valence-corrected chi connectivity index (χ2v) is 4.63. The van der Waals surface area contributed by atoms with E-state index in [4.69, 9.17) is 0 Å². The summed E-state index contributed by atoms with van der Waals surface area (Å²) in [5.74, 6) is 0. The van der Waals surface area contributed by atoms with Crippen LogP contribution in [0.25, 0.3) is 0 Å². The van der Waals surface area contributed by atoms with Crippen molar-refractivity contribution >= 4 is 15.5 Å². The molecule has 6 nitrogen and oxygen atoms in total. The molecule has 72 valence electrons. The van der Waals surface area contributed by atoms with Gasteiger partial charge in [0.25, 0.3) is 0 Å². The number of aromatic amines is 1. The summed E-state index contributed by atoms with van der Waals surface area (Å²) in [7, 11) is -3.55. The molecule has 1 N–H and O–H groups in total. The van der Waals surface area contributed by atoms with Gasteiger partial charge in [0.15, 0.2) is 9.84 Å². The number of nitrogens with one attached hydrogen (secondary N) is 1. The van der Waals surface area contributed by atoms with Crippen LogP contribution >= 0.6 is 0 Å². The van der Waals surface area contributed by atoms with Crippen molar-refractivity contribution in [3.8, 4) is 0 Å². The predicted molar refractivity (Wildman–Crippen MR) is 45.3 cm³/mol. The molecule has 0 bridgehead atoms. The fraction of sp³-hybridized carbons (Fsp3) is 0.333. The van der Waals surface area contributed by atoms with E-state index >= 15 is 0 Å². The fourth-order valence-electron chi connectivity index (χ4n) is 0.999. The van der Waals surface area contributed by atoms with Crippen molar-refractivity contribution in [1.29, 1.82) is 0 Å². The predicted octanol–water partition coefficient (Wildman–Crippen LogP) is 0.635. The van der Waals surface area contributed by atoms with Gasteiger partial charge in [0, 0.05) is 18.0 Å². The van der Waals surface area contributed by atoms with E-state index < -0.39 is 14.8 Å². The van der Waals surface area contributed by atoms with Gasteiger partial charge in [-0.05, 0) is 6.92 Å². The van der Waals surface area contributed by atoms with Gasteiger partial charge in [-0.3, -0.25) is 10.1 Å². The van der Waals surface area contributed by atoms with Crippen molar-refractivity contribution in [1.82, 2.24) is 4.98 Å². The van der Waals surface area contributed by atoms with Gasteiger partial charge in [-0.25, -0.2) is 8.42 Å². The lowest BCUT2D eigenvalue weighted by atomic mass is 10.3. The summed E-state index contributed by atoms with van der Waals surface area (Å²) in [6, 6.07) is 0. The van der Waals surface area contributed by atoms with Crippen LogP contribution in [0.4, 0.5) is 5.69 Å². The van der Waals surface area contributed by atoms with Gasteiger partial charge in [0.1, 0.15) is 0 Å². The summed E-state index contributed by atoms with van der Waals surface area (Å²) in [6.45, 7) is 1.48. The first-order valence-corrected chi connectivity index (χ1v) is 5.25. The van der Waals surface area contributed by atoms with Gasteiger partial charge in [-0.15, -0.1) is 0 Å². The fourth-order valence-corrected chi connectivity index (χ4v) is 1.86. The zero-order valence-corrected chi connectivity index (χ0v) is 7.88. The van der Waals surface area contributed by atoms with Gasteiger partial charge >= 0.3 is 5.69 Å². The minimum Gasteiger partial charge on any atom is -0.346 e. The molecule has 0 aromatic carbocycles. The van der Waals surface area contributed by atoms with Crippen molar-refractivity contribution in [2.75, 3.05) is 6.26 Å². The van der Waals surface area contributed by atoms with Crippen LogP contribution in [0.2, 0.25) is 0 Å². The lowest BCUT2D eigenvalue weighted by Gasteiger charge is -1.93. The molecule has 1 rings (SSSR count). The molecule has 0 spiro atoms. The highest BCUT2D eigenvalue weighted by Crippen LogP contribution is 2.25. The standard InChI is InChI=1S/C6H8N2O4S/c1-4-3-7-6(13(2,11)12)5(4)8(9)10/h3,7H,1-2H3. The van der Waals surface area contributed by atoms with E-state index in [1.54, 1.807) is 0 Å². The molecule has 1 heterocycles. The topological polar surface area (TPSA) is 93.1 Å². The van der Waals surface area contributed by atoms with Gasteiger partial charge in [0.05, 0.1) is 4.92 Å². The Morgan fingerprint density at radius 3 is 2.38 bits per heavy atom.